The predicted octanol–water partition coefficient (Wildman–Crippen LogP) is 2.90. The summed E-state index contributed by atoms with van der Waals surface area (Å²) in [5.74, 6) is 3.01. The zero-order valence-electron chi connectivity index (χ0n) is 17.6. The summed E-state index contributed by atoms with van der Waals surface area (Å²) in [4.78, 5) is 18.7. The van der Waals surface area contributed by atoms with E-state index in [-0.39, 0.29) is 36.4 Å². The molecule has 3 N–H and O–H groups in total. The Morgan fingerprint density at radius 3 is 2.46 bits per heavy atom. The molecule has 7 heteroatoms. The van der Waals surface area contributed by atoms with Crippen molar-refractivity contribution in [3.05, 3.63) is 29.8 Å². The zero-order chi connectivity index (χ0) is 20.2. The zero-order valence-corrected chi connectivity index (χ0v) is 19.9. The molecular weight excluding hydrogens is 465 g/mol. The Morgan fingerprint density at radius 1 is 1.21 bits per heavy atom. The van der Waals surface area contributed by atoms with Crippen molar-refractivity contribution in [2.24, 2.45) is 4.99 Å². The Morgan fingerprint density at radius 2 is 1.89 bits per heavy atom. The van der Waals surface area contributed by atoms with E-state index < -0.39 is 0 Å². The van der Waals surface area contributed by atoms with E-state index in [9.17, 15) is 4.79 Å². The van der Waals surface area contributed by atoms with Crippen molar-refractivity contribution in [1.29, 1.82) is 0 Å². The van der Waals surface area contributed by atoms with Crippen LogP contribution in [-0.4, -0.2) is 55.5 Å². The van der Waals surface area contributed by atoms with E-state index in [2.05, 4.69) is 59.5 Å². The van der Waals surface area contributed by atoms with Gasteiger partial charge in [-0.25, -0.2) is 0 Å². The number of hydrogen-bond donors (Lipinski definition) is 3. The van der Waals surface area contributed by atoms with Crippen LogP contribution in [0.15, 0.2) is 29.3 Å². The van der Waals surface area contributed by atoms with E-state index in [0.29, 0.717) is 23.7 Å². The van der Waals surface area contributed by atoms with E-state index in [0.717, 1.165) is 25.1 Å². The van der Waals surface area contributed by atoms with E-state index in [1.54, 1.807) is 19.2 Å². The van der Waals surface area contributed by atoms with Crippen molar-refractivity contribution < 1.29 is 4.79 Å². The number of amides is 1. The van der Waals surface area contributed by atoms with Crippen LogP contribution in [0.1, 0.15) is 39.7 Å². The number of carbonyl (C=O) groups excluding carboxylic acids is 1. The highest BCUT2D eigenvalue weighted by molar-refractivity contribution is 14.0. The summed E-state index contributed by atoms with van der Waals surface area (Å²) in [6.45, 7) is 10.8. The molecule has 1 aromatic carbocycles. The van der Waals surface area contributed by atoms with Gasteiger partial charge in [-0.1, -0.05) is 12.0 Å². The topological polar surface area (TPSA) is 68.8 Å². The average molecular weight is 499 g/mol. The lowest BCUT2D eigenvalue weighted by atomic mass is 10.2. The van der Waals surface area contributed by atoms with Crippen molar-refractivity contribution in [2.75, 3.05) is 32.0 Å². The largest absolute Gasteiger partial charge is 0.356 e. The second-order valence-electron chi connectivity index (χ2n) is 6.90. The molecule has 156 valence electrons. The smallest absolute Gasteiger partial charge is 0.243 e. The standard InChI is InChI=1S/C21H33N5O.HI/c1-7-18-10-8-11-19(14-18)25-20(27)15-24-21(22-6)23-12-9-13-26(16(2)3)17(4)5;/h1,8,10-11,14,16-17H,9,12-13,15H2,2-6H3,(H,25,27)(H2,22,23,24);1H. The van der Waals surface area contributed by atoms with Gasteiger partial charge in [-0.3, -0.25) is 14.7 Å². The first-order valence-corrected chi connectivity index (χ1v) is 9.44. The predicted molar refractivity (Wildman–Crippen MR) is 129 cm³/mol. The third-order valence-corrected chi connectivity index (χ3v) is 4.17. The first-order valence-electron chi connectivity index (χ1n) is 9.44. The summed E-state index contributed by atoms with van der Waals surface area (Å²) in [5, 5.41) is 9.09. The summed E-state index contributed by atoms with van der Waals surface area (Å²) in [5.41, 5.74) is 1.41. The van der Waals surface area contributed by atoms with Gasteiger partial charge in [0, 0.05) is 43.5 Å². The second-order valence-corrected chi connectivity index (χ2v) is 6.90. The van der Waals surface area contributed by atoms with Crippen molar-refractivity contribution in [3.8, 4) is 12.3 Å². The quantitative estimate of drug-likeness (QED) is 0.161. The van der Waals surface area contributed by atoms with E-state index in [1.807, 2.05) is 12.1 Å². The number of halogens is 1. The van der Waals surface area contributed by atoms with Gasteiger partial charge in [-0.2, -0.15) is 0 Å². The molecule has 0 radical (unpaired) electrons. The molecular formula is C21H34IN5O. The minimum Gasteiger partial charge on any atom is -0.356 e. The first-order chi connectivity index (χ1) is 12.9. The summed E-state index contributed by atoms with van der Waals surface area (Å²) < 4.78 is 0. The van der Waals surface area contributed by atoms with Crippen LogP contribution in [0.25, 0.3) is 0 Å². The molecule has 0 unspecified atom stereocenters. The Bertz CT molecular complexity index is 659. The number of rotatable bonds is 9. The molecule has 0 heterocycles. The normalized spacial score (nSPS) is 11.2. The molecule has 0 aromatic heterocycles. The molecule has 6 nitrogen and oxygen atoms in total. The van der Waals surface area contributed by atoms with Gasteiger partial charge in [0.15, 0.2) is 5.96 Å². The molecule has 1 amide bonds. The fourth-order valence-electron chi connectivity index (χ4n) is 2.86. The molecule has 0 atom stereocenters. The van der Waals surface area contributed by atoms with Gasteiger partial charge in [0.25, 0.3) is 0 Å². The molecule has 0 fully saturated rings. The Kier molecular flexibility index (Phi) is 13.3. The van der Waals surface area contributed by atoms with E-state index in [1.165, 1.54) is 0 Å². The van der Waals surface area contributed by atoms with Crippen LogP contribution in [-0.2, 0) is 4.79 Å². The minimum atomic E-state index is -0.155. The molecule has 0 saturated carbocycles. The minimum absolute atomic E-state index is 0. The van der Waals surface area contributed by atoms with Crippen LogP contribution in [0.5, 0.6) is 0 Å². The maximum absolute atomic E-state index is 12.1. The SMILES string of the molecule is C#Cc1cccc(NC(=O)CNC(=NC)NCCCN(C(C)C)C(C)C)c1.I. The Hall–Kier alpha value is -1.79. The molecule has 1 rings (SSSR count). The molecule has 0 aliphatic heterocycles. The molecule has 1 aromatic rings. The number of nitrogens with zero attached hydrogens (tertiary/aromatic N) is 2. The molecule has 0 spiro atoms. The van der Waals surface area contributed by atoms with Gasteiger partial charge >= 0.3 is 0 Å². The van der Waals surface area contributed by atoms with Crippen LogP contribution in [0.2, 0.25) is 0 Å². The van der Waals surface area contributed by atoms with E-state index in [4.69, 9.17) is 6.42 Å². The number of benzene rings is 1. The highest BCUT2D eigenvalue weighted by atomic mass is 127. The van der Waals surface area contributed by atoms with Crippen molar-refractivity contribution in [3.63, 3.8) is 0 Å². The maximum Gasteiger partial charge on any atom is 0.243 e. The van der Waals surface area contributed by atoms with Crippen LogP contribution in [0, 0.1) is 12.3 Å². The Balaban J connectivity index is 0.00000729. The number of anilines is 1. The lowest BCUT2D eigenvalue weighted by Gasteiger charge is -2.30. The van der Waals surface area contributed by atoms with Gasteiger partial charge in [0.1, 0.15) is 0 Å². The lowest BCUT2D eigenvalue weighted by Crippen LogP contribution is -2.43. The number of aliphatic imine (C=N–C) groups is 1. The summed E-state index contributed by atoms with van der Waals surface area (Å²) >= 11 is 0. The number of terminal acetylenes is 1. The molecule has 0 aliphatic carbocycles. The van der Waals surface area contributed by atoms with Crippen LogP contribution < -0.4 is 16.0 Å². The molecule has 28 heavy (non-hydrogen) atoms. The summed E-state index contributed by atoms with van der Waals surface area (Å²) in [6, 6.07) is 8.26. The van der Waals surface area contributed by atoms with Crippen LogP contribution in [0.3, 0.4) is 0 Å². The Labute approximate surface area is 187 Å². The van der Waals surface area contributed by atoms with Gasteiger partial charge in [0.2, 0.25) is 5.91 Å². The average Bonchev–Trinajstić information content (AvgIpc) is 2.63. The lowest BCUT2D eigenvalue weighted by molar-refractivity contribution is -0.115. The highest BCUT2D eigenvalue weighted by Gasteiger charge is 2.12. The van der Waals surface area contributed by atoms with E-state index >= 15 is 0 Å². The number of guanidine groups is 1. The number of carbonyl (C=O) groups is 1. The summed E-state index contributed by atoms with van der Waals surface area (Å²) in [6.07, 6.45) is 6.38. The van der Waals surface area contributed by atoms with Crippen molar-refractivity contribution in [2.45, 2.75) is 46.2 Å². The molecule has 0 bridgehead atoms. The molecule has 0 aliphatic rings. The monoisotopic (exact) mass is 499 g/mol. The first kappa shape index (κ1) is 26.2. The van der Waals surface area contributed by atoms with Gasteiger partial charge in [-0.05, 0) is 52.3 Å². The molecule has 0 saturated heterocycles. The number of hydrogen-bond acceptors (Lipinski definition) is 3. The van der Waals surface area contributed by atoms with Gasteiger partial charge in [0.05, 0.1) is 6.54 Å². The summed E-state index contributed by atoms with van der Waals surface area (Å²) in [7, 11) is 1.69. The third-order valence-electron chi connectivity index (χ3n) is 4.17. The van der Waals surface area contributed by atoms with Crippen molar-refractivity contribution >= 4 is 41.5 Å². The van der Waals surface area contributed by atoms with Gasteiger partial charge in [-0.15, -0.1) is 30.4 Å². The third kappa shape index (κ3) is 9.95. The van der Waals surface area contributed by atoms with Gasteiger partial charge < -0.3 is 16.0 Å². The van der Waals surface area contributed by atoms with Crippen molar-refractivity contribution in [1.82, 2.24) is 15.5 Å². The highest BCUT2D eigenvalue weighted by Crippen LogP contribution is 2.09. The maximum atomic E-state index is 12.1. The second kappa shape index (κ2) is 14.2. The fourth-order valence-corrected chi connectivity index (χ4v) is 2.86. The number of nitrogens with one attached hydrogen (secondary N) is 3. The van der Waals surface area contributed by atoms with Crippen LogP contribution in [0.4, 0.5) is 5.69 Å². The fraction of sp³-hybridized carbons (Fsp3) is 0.524. The van der Waals surface area contributed by atoms with Crippen LogP contribution >= 0.6 is 24.0 Å².